The third-order valence-electron chi connectivity index (χ3n) is 22.4. The number of aromatic nitrogens is 1. The molecule has 12 heteroatoms. The molecule has 0 amide bonds. The van der Waals surface area contributed by atoms with Gasteiger partial charge < -0.3 is 0 Å². The number of aryl methyl sites for hydroxylation is 6. The Morgan fingerprint density at radius 1 is 0.318 bits per heavy atom. The predicted octanol–water partition coefficient (Wildman–Crippen LogP) is 29.5. The summed E-state index contributed by atoms with van der Waals surface area (Å²) in [5, 5.41) is 19.8. The van der Waals surface area contributed by atoms with E-state index in [1.165, 1.54) is 135 Å². The topological polar surface area (TPSA) is 60.5 Å². The molecule has 0 aliphatic heterocycles. The van der Waals surface area contributed by atoms with E-state index in [4.69, 9.17) is 0 Å². The standard InChI is InChI=1S/C30H32N2.C25H28FN.C22H24F4.C21H22F4/c1-3-5-7-9-23-11-15-25(16-12-23)27-19-20-28(30(22-32)29(27)21-31)26-17-13-24(14-18-26)10-8-6-4-2;1-3-5-6-8-20-9-13-21(14-10-20)23-17-18-24(27-25(23)26)22-15-11-19(7-4-2)12-16-22;1-3-13-5-7-15(8-6-13)16-11-12-18(22(26)20(16)24)17-10-9-14(4-2)19(23)21(17)25;1-3-13-5-7-14(8-6-13)15-10-11-17(21(25)19(15)23)16-9-4-12(2)18(22)20(16)24/h11-20H,3-10H2,1-2H3;9-18H,3-8H2,1-2H3;9-13,15H,3-8H2,1-2H3;4,9-11,13-14H,3,5-8H2,1-2H3. The van der Waals surface area contributed by atoms with Gasteiger partial charge in [0, 0.05) is 44.5 Å². The number of halogens is 9. The molecule has 576 valence electrons. The highest BCUT2D eigenvalue weighted by atomic mass is 19.2. The van der Waals surface area contributed by atoms with Crippen molar-refractivity contribution in [2.24, 2.45) is 11.8 Å². The molecule has 1 aromatic heterocycles. The Morgan fingerprint density at radius 3 is 1.02 bits per heavy atom. The fourth-order valence-electron chi connectivity index (χ4n) is 15.4. The van der Waals surface area contributed by atoms with Gasteiger partial charge in [-0.05, 0) is 207 Å². The highest BCUT2D eigenvalue weighted by molar-refractivity contribution is 5.83. The zero-order chi connectivity index (χ0) is 78.8. The lowest BCUT2D eigenvalue weighted by molar-refractivity contribution is 0.312. The number of hydrogen-bond donors (Lipinski definition) is 0. The largest absolute Gasteiger partial charge is 0.221 e. The molecular formula is C98H106F9N3. The Hall–Kier alpha value is -9.52. The van der Waals surface area contributed by atoms with Crippen LogP contribution in [0, 0.1) is 93.9 Å². The molecule has 0 spiro atoms. The quantitative estimate of drug-likeness (QED) is 0.0325. The molecule has 0 radical (unpaired) electrons. The first-order valence-electron chi connectivity index (χ1n) is 40.2. The Morgan fingerprint density at radius 2 is 0.655 bits per heavy atom. The number of unbranched alkanes of at least 4 members (excludes halogenated alkanes) is 6. The Kier molecular flexibility index (Phi) is 32.3. The van der Waals surface area contributed by atoms with Gasteiger partial charge >= 0.3 is 0 Å². The molecule has 0 bridgehead atoms. The van der Waals surface area contributed by atoms with Crippen molar-refractivity contribution in [2.45, 2.75) is 228 Å². The predicted molar refractivity (Wildman–Crippen MR) is 433 cm³/mol. The first kappa shape index (κ1) is 84.5. The first-order valence-corrected chi connectivity index (χ1v) is 40.2. The molecular weight excluding hydrogens is 1390 g/mol. The highest BCUT2D eigenvalue weighted by Crippen LogP contribution is 2.43. The van der Waals surface area contributed by atoms with Crippen LogP contribution in [-0.4, -0.2) is 4.98 Å². The summed E-state index contributed by atoms with van der Waals surface area (Å²) in [6, 6.07) is 56.8. The minimum Gasteiger partial charge on any atom is -0.219 e. The Balaban J connectivity index is 0.000000169. The average molecular weight is 1500 g/mol. The van der Waals surface area contributed by atoms with E-state index in [1.807, 2.05) is 48.5 Å². The molecule has 9 aromatic carbocycles. The van der Waals surface area contributed by atoms with E-state index in [0.29, 0.717) is 51.8 Å². The van der Waals surface area contributed by atoms with Crippen molar-refractivity contribution < 1.29 is 39.5 Å². The van der Waals surface area contributed by atoms with Crippen LogP contribution in [0.1, 0.15) is 244 Å². The van der Waals surface area contributed by atoms with E-state index < -0.39 is 52.5 Å². The van der Waals surface area contributed by atoms with Gasteiger partial charge in [-0.25, -0.2) is 40.1 Å². The molecule has 0 N–H and O–H groups in total. The SMILES string of the molecule is CCC1CCC(c2ccc(-c3ccc(C)c(F)c3F)c(F)c2F)CC1.CCCCCc1ccc(-c2ccc(-c3ccc(CCC)cc3)nc2F)cc1.CCCCCc1ccc(-c2ccc(-c3ccc(CCCCC)cc3)c(C#N)c2C#N)cc1.CCc1ccc(-c2ccc(C3CCC(CC)CC3)c(F)c2F)c(F)c1F. The summed E-state index contributed by atoms with van der Waals surface area (Å²) in [5.41, 5.74) is 12.9. The van der Waals surface area contributed by atoms with Crippen molar-refractivity contribution in [3.63, 3.8) is 0 Å². The van der Waals surface area contributed by atoms with Gasteiger partial charge in [-0.15, -0.1) is 0 Å². The second kappa shape index (κ2) is 42.0. The first-order chi connectivity index (χ1) is 53.3. The lowest BCUT2D eigenvalue weighted by Gasteiger charge is -2.28. The summed E-state index contributed by atoms with van der Waals surface area (Å²) in [5.74, 6) is -7.46. The van der Waals surface area contributed by atoms with Gasteiger partial charge in [0.2, 0.25) is 5.95 Å². The molecule has 3 nitrogen and oxygen atoms in total. The molecule has 12 rings (SSSR count). The number of rotatable bonds is 25. The van der Waals surface area contributed by atoms with Crippen molar-refractivity contribution in [3.05, 3.63) is 278 Å². The normalized spacial score (nSPS) is 15.3. The molecule has 2 fully saturated rings. The molecule has 1 heterocycles. The molecule has 2 saturated carbocycles. The van der Waals surface area contributed by atoms with Crippen molar-refractivity contribution in [1.82, 2.24) is 4.98 Å². The van der Waals surface area contributed by atoms with E-state index in [9.17, 15) is 50.0 Å². The summed E-state index contributed by atoms with van der Waals surface area (Å²) in [7, 11) is 0. The van der Waals surface area contributed by atoms with Crippen molar-refractivity contribution in [2.75, 3.05) is 0 Å². The van der Waals surface area contributed by atoms with Crippen LogP contribution in [0.4, 0.5) is 39.5 Å². The Labute approximate surface area is 648 Å². The fourth-order valence-corrected chi connectivity index (χ4v) is 15.4. The van der Waals surface area contributed by atoms with Gasteiger partial charge in [0.15, 0.2) is 46.5 Å². The van der Waals surface area contributed by atoms with E-state index >= 15 is 0 Å². The molecule has 2 aliphatic rings. The second-order valence-corrected chi connectivity index (χ2v) is 29.8. The van der Waals surface area contributed by atoms with Gasteiger partial charge in [-0.3, -0.25) is 0 Å². The van der Waals surface area contributed by atoms with Gasteiger partial charge in [0.25, 0.3) is 0 Å². The summed E-state index contributed by atoms with van der Waals surface area (Å²) < 4.78 is 129. The number of nitriles is 2. The molecule has 0 atom stereocenters. The number of benzene rings is 9. The summed E-state index contributed by atoms with van der Waals surface area (Å²) >= 11 is 0. The lowest BCUT2D eigenvalue weighted by atomic mass is 9.77. The molecule has 0 saturated heterocycles. The average Bonchev–Trinajstić information content (AvgIpc) is 0.790. The number of nitrogens with zero attached hydrogens (tertiary/aromatic N) is 3. The van der Waals surface area contributed by atoms with E-state index in [1.54, 1.807) is 6.92 Å². The monoisotopic (exact) mass is 1500 g/mol. The maximum absolute atomic E-state index is 14.7. The maximum Gasteiger partial charge on any atom is 0.221 e. The minimum atomic E-state index is -1.14. The highest BCUT2D eigenvalue weighted by Gasteiger charge is 2.30. The van der Waals surface area contributed by atoms with Crippen LogP contribution in [0.15, 0.2) is 170 Å². The van der Waals surface area contributed by atoms with Gasteiger partial charge in [0.05, 0.1) is 16.8 Å². The van der Waals surface area contributed by atoms with Crippen molar-refractivity contribution in [1.29, 1.82) is 10.5 Å². The van der Waals surface area contributed by atoms with Crippen LogP contribution in [0.25, 0.3) is 66.9 Å². The fraction of sp³-hybridized carbons (Fsp3) is 0.378. The van der Waals surface area contributed by atoms with E-state index in [0.717, 1.165) is 130 Å². The summed E-state index contributed by atoms with van der Waals surface area (Å²) in [6.07, 6.45) is 26.4. The van der Waals surface area contributed by atoms with Crippen LogP contribution in [0.2, 0.25) is 0 Å². The van der Waals surface area contributed by atoms with Crippen molar-refractivity contribution >= 4 is 0 Å². The van der Waals surface area contributed by atoms with Crippen molar-refractivity contribution in [3.8, 4) is 79.0 Å². The van der Waals surface area contributed by atoms with Crippen LogP contribution in [0.3, 0.4) is 0 Å². The third kappa shape index (κ3) is 21.5. The summed E-state index contributed by atoms with van der Waals surface area (Å²) in [6.45, 7) is 16.2. The smallest absolute Gasteiger partial charge is 0.219 e. The van der Waals surface area contributed by atoms with E-state index in [2.05, 4.69) is 131 Å². The molecule has 2 aliphatic carbocycles. The second-order valence-electron chi connectivity index (χ2n) is 29.8. The minimum absolute atomic E-state index is 0.00838. The summed E-state index contributed by atoms with van der Waals surface area (Å²) in [4.78, 5) is 4.21. The number of pyridine rings is 1. The molecule has 10 aromatic rings. The van der Waals surface area contributed by atoms with Gasteiger partial charge in [-0.1, -0.05) is 264 Å². The number of hydrogen-bond acceptors (Lipinski definition) is 3. The molecule has 0 unspecified atom stereocenters. The zero-order valence-electron chi connectivity index (χ0n) is 65.4. The lowest BCUT2D eigenvalue weighted by Crippen LogP contribution is -2.14. The third-order valence-corrected chi connectivity index (χ3v) is 22.4. The molecule has 110 heavy (non-hydrogen) atoms. The van der Waals surface area contributed by atoms with Crippen LogP contribution < -0.4 is 0 Å². The zero-order valence-corrected chi connectivity index (χ0v) is 65.4. The maximum atomic E-state index is 14.7. The van der Waals surface area contributed by atoms with Crippen LogP contribution in [-0.2, 0) is 32.1 Å². The van der Waals surface area contributed by atoms with Crippen LogP contribution in [0.5, 0.6) is 0 Å². The van der Waals surface area contributed by atoms with Gasteiger partial charge in [-0.2, -0.15) is 14.9 Å². The van der Waals surface area contributed by atoms with E-state index in [-0.39, 0.29) is 45.2 Å². The Bertz CT molecular complexity index is 4620. The van der Waals surface area contributed by atoms with Crippen LogP contribution >= 0.6 is 0 Å². The van der Waals surface area contributed by atoms with Gasteiger partial charge in [0.1, 0.15) is 12.1 Å².